The molecule has 0 atom stereocenters. The van der Waals surface area contributed by atoms with Crippen molar-refractivity contribution in [1.29, 1.82) is 0 Å². The molecule has 1 rings (SSSR count). The number of nitrogens with one attached hydrogen (secondary N) is 1. The molecule has 12 heavy (non-hydrogen) atoms. The van der Waals surface area contributed by atoms with Crippen LogP contribution >= 0.6 is 0 Å². The van der Waals surface area contributed by atoms with E-state index < -0.39 is 0 Å². The summed E-state index contributed by atoms with van der Waals surface area (Å²) in [5, 5.41) is 3.55. The van der Waals surface area contributed by atoms with Crippen molar-refractivity contribution in [3.63, 3.8) is 0 Å². The lowest BCUT2D eigenvalue weighted by molar-refractivity contribution is 0.412. The van der Waals surface area contributed by atoms with Crippen molar-refractivity contribution in [3.05, 3.63) is 0 Å². The van der Waals surface area contributed by atoms with Crippen LogP contribution in [0.4, 0.5) is 0 Å². The smallest absolute Gasteiger partial charge is 0.000781 e. The first-order valence-corrected chi connectivity index (χ1v) is 5.54. The van der Waals surface area contributed by atoms with Gasteiger partial charge in [0, 0.05) is 6.54 Å². The molecule has 72 valence electrons. The van der Waals surface area contributed by atoms with Gasteiger partial charge in [-0.3, -0.25) is 0 Å². The Bertz CT molecular complexity index is 116. The molecule has 0 aromatic heterocycles. The molecule has 0 heterocycles. The maximum atomic E-state index is 3.55. The minimum atomic E-state index is 0.741. The van der Waals surface area contributed by atoms with Gasteiger partial charge in [0.25, 0.3) is 0 Å². The second kappa shape index (κ2) is 4.86. The summed E-state index contributed by atoms with van der Waals surface area (Å²) < 4.78 is 0. The summed E-state index contributed by atoms with van der Waals surface area (Å²) in [4.78, 5) is 0. The van der Waals surface area contributed by atoms with Crippen molar-refractivity contribution < 1.29 is 0 Å². The van der Waals surface area contributed by atoms with Crippen LogP contribution in [0.5, 0.6) is 0 Å². The fourth-order valence-corrected chi connectivity index (χ4v) is 1.77. The molecule has 0 amide bonds. The fourth-order valence-electron chi connectivity index (χ4n) is 1.77. The largest absolute Gasteiger partial charge is 0.316 e. The SMILES string of the molecule is CCCCC1(CNCCC)CC1. The summed E-state index contributed by atoms with van der Waals surface area (Å²) in [6.45, 7) is 7.00. The molecular weight excluding hydrogens is 146 g/mol. The Kier molecular flexibility index (Phi) is 4.07. The highest BCUT2D eigenvalue weighted by atomic mass is 14.9. The Morgan fingerprint density at radius 3 is 2.42 bits per heavy atom. The van der Waals surface area contributed by atoms with E-state index in [1.54, 1.807) is 0 Å². The molecule has 0 unspecified atom stereocenters. The van der Waals surface area contributed by atoms with Gasteiger partial charge in [0.2, 0.25) is 0 Å². The van der Waals surface area contributed by atoms with Gasteiger partial charge in [-0.25, -0.2) is 0 Å². The van der Waals surface area contributed by atoms with E-state index in [-0.39, 0.29) is 0 Å². The molecule has 0 aromatic rings. The lowest BCUT2D eigenvalue weighted by atomic mass is 9.99. The first-order chi connectivity index (χ1) is 5.83. The van der Waals surface area contributed by atoms with Gasteiger partial charge in [-0.05, 0) is 37.6 Å². The average Bonchev–Trinajstić information content (AvgIpc) is 2.83. The lowest BCUT2D eigenvalue weighted by Gasteiger charge is -2.14. The van der Waals surface area contributed by atoms with E-state index >= 15 is 0 Å². The summed E-state index contributed by atoms with van der Waals surface area (Å²) in [7, 11) is 0. The molecule has 0 bridgehead atoms. The molecular formula is C11H23N. The number of unbranched alkanes of at least 4 members (excludes halogenated alkanes) is 1. The molecule has 1 saturated carbocycles. The Morgan fingerprint density at radius 1 is 1.17 bits per heavy atom. The van der Waals surface area contributed by atoms with Crippen molar-refractivity contribution in [2.75, 3.05) is 13.1 Å². The van der Waals surface area contributed by atoms with Crippen molar-refractivity contribution in [2.45, 2.75) is 52.4 Å². The van der Waals surface area contributed by atoms with Gasteiger partial charge in [-0.15, -0.1) is 0 Å². The number of hydrogen-bond acceptors (Lipinski definition) is 1. The van der Waals surface area contributed by atoms with E-state index in [9.17, 15) is 0 Å². The van der Waals surface area contributed by atoms with Crippen molar-refractivity contribution >= 4 is 0 Å². The summed E-state index contributed by atoms with van der Waals surface area (Å²) in [5.41, 5.74) is 0.741. The summed E-state index contributed by atoms with van der Waals surface area (Å²) in [5.74, 6) is 0. The molecule has 1 fully saturated rings. The van der Waals surface area contributed by atoms with Crippen LogP contribution in [-0.2, 0) is 0 Å². The number of hydrogen-bond donors (Lipinski definition) is 1. The Balaban J connectivity index is 2.04. The third-order valence-corrected chi connectivity index (χ3v) is 2.94. The van der Waals surface area contributed by atoms with Gasteiger partial charge in [0.05, 0.1) is 0 Å². The highest BCUT2D eigenvalue weighted by Gasteiger charge is 2.40. The van der Waals surface area contributed by atoms with Crippen LogP contribution in [0.2, 0.25) is 0 Å². The maximum absolute atomic E-state index is 3.55. The number of rotatable bonds is 7. The molecule has 0 aliphatic heterocycles. The van der Waals surface area contributed by atoms with Crippen LogP contribution in [-0.4, -0.2) is 13.1 Å². The Hall–Kier alpha value is -0.0400. The van der Waals surface area contributed by atoms with E-state index in [0.29, 0.717) is 0 Å². The highest BCUT2D eigenvalue weighted by molar-refractivity contribution is 4.94. The lowest BCUT2D eigenvalue weighted by Crippen LogP contribution is -2.24. The second-order valence-corrected chi connectivity index (χ2v) is 4.28. The molecule has 0 aromatic carbocycles. The molecule has 0 saturated heterocycles. The van der Waals surface area contributed by atoms with E-state index in [4.69, 9.17) is 0 Å². The predicted molar refractivity (Wildman–Crippen MR) is 54.4 cm³/mol. The zero-order valence-corrected chi connectivity index (χ0v) is 8.66. The molecule has 1 N–H and O–H groups in total. The highest BCUT2D eigenvalue weighted by Crippen LogP contribution is 2.49. The molecule has 1 nitrogen and oxygen atoms in total. The second-order valence-electron chi connectivity index (χ2n) is 4.28. The minimum Gasteiger partial charge on any atom is -0.316 e. The first kappa shape index (κ1) is 10.0. The maximum Gasteiger partial charge on any atom is 0.000781 e. The Morgan fingerprint density at radius 2 is 1.92 bits per heavy atom. The van der Waals surface area contributed by atoms with Crippen LogP contribution in [0, 0.1) is 5.41 Å². The van der Waals surface area contributed by atoms with Gasteiger partial charge in [-0.1, -0.05) is 26.7 Å². The van der Waals surface area contributed by atoms with E-state index in [1.165, 1.54) is 51.6 Å². The first-order valence-electron chi connectivity index (χ1n) is 5.54. The van der Waals surface area contributed by atoms with E-state index in [2.05, 4.69) is 19.2 Å². The third kappa shape index (κ3) is 3.14. The van der Waals surface area contributed by atoms with E-state index in [1.807, 2.05) is 0 Å². The van der Waals surface area contributed by atoms with Crippen LogP contribution in [0.15, 0.2) is 0 Å². The van der Waals surface area contributed by atoms with Crippen molar-refractivity contribution in [3.8, 4) is 0 Å². The van der Waals surface area contributed by atoms with Crippen molar-refractivity contribution in [1.82, 2.24) is 5.32 Å². The summed E-state index contributed by atoms with van der Waals surface area (Å²) in [6, 6.07) is 0. The molecule has 1 heteroatoms. The van der Waals surface area contributed by atoms with E-state index in [0.717, 1.165) is 5.41 Å². The summed E-state index contributed by atoms with van der Waals surface area (Å²) in [6.07, 6.45) is 8.46. The molecule has 1 aliphatic rings. The zero-order valence-electron chi connectivity index (χ0n) is 8.66. The Labute approximate surface area is 76.9 Å². The summed E-state index contributed by atoms with van der Waals surface area (Å²) >= 11 is 0. The van der Waals surface area contributed by atoms with Gasteiger partial charge in [0.1, 0.15) is 0 Å². The molecule has 0 radical (unpaired) electrons. The fraction of sp³-hybridized carbons (Fsp3) is 1.00. The quantitative estimate of drug-likeness (QED) is 0.578. The average molecular weight is 169 g/mol. The third-order valence-electron chi connectivity index (χ3n) is 2.94. The predicted octanol–water partition coefficient (Wildman–Crippen LogP) is 2.96. The van der Waals surface area contributed by atoms with Gasteiger partial charge in [0.15, 0.2) is 0 Å². The van der Waals surface area contributed by atoms with Crippen LogP contribution in [0.3, 0.4) is 0 Å². The molecule has 0 spiro atoms. The topological polar surface area (TPSA) is 12.0 Å². The van der Waals surface area contributed by atoms with Crippen molar-refractivity contribution in [2.24, 2.45) is 5.41 Å². The zero-order chi connectivity index (χ0) is 8.86. The van der Waals surface area contributed by atoms with Gasteiger partial charge in [-0.2, -0.15) is 0 Å². The molecule has 1 aliphatic carbocycles. The van der Waals surface area contributed by atoms with Crippen LogP contribution < -0.4 is 5.32 Å². The monoisotopic (exact) mass is 169 g/mol. The standard InChI is InChI=1S/C11H23N/c1-3-5-6-11(7-8-11)10-12-9-4-2/h12H,3-10H2,1-2H3. The van der Waals surface area contributed by atoms with Gasteiger partial charge < -0.3 is 5.32 Å². The minimum absolute atomic E-state index is 0.741. The van der Waals surface area contributed by atoms with Gasteiger partial charge >= 0.3 is 0 Å². The van der Waals surface area contributed by atoms with Crippen LogP contribution in [0.1, 0.15) is 52.4 Å². The van der Waals surface area contributed by atoms with Crippen LogP contribution in [0.25, 0.3) is 0 Å². The normalized spacial score (nSPS) is 19.5.